The van der Waals surface area contributed by atoms with Gasteiger partial charge in [0.2, 0.25) is 0 Å². The van der Waals surface area contributed by atoms with Gasteiger partial charge in [-0.15, -0.1) is 11.3 Å². The summed E-state index contributed by atoms with van der Waals surface area (Å²) in [4.78, 5) is 19.3. The Morgan fingerprint density at radius 3 is 2.85 bits per heavy atom. The van der Waals surface area contributed by atoms with E-state index in [2.05, 4.69) is 26.1 Å². The highest BCUT2D eigenvalue weighted by atomic mass is 35.5. The van der Waals surface area contributed by atoms with E-state index in [1.807, 2.05) is 30.3 Å². The minimum Gasteiger partial charge on any atom is -0.495 e. The molecule has 1 aliphatic carbocycles. The van der Waals surface area contributed by atoms with Gasteiger partial charge in [-0.05, 0) is 72.1 Å². The van der Waals surface area contributed by atoms with Gasteiger partial charge in [-0.1, -0.05) is 32.4 Å². The van der Waals surface area contributed by atoms with Crippen LogP contribution in [0.4, 0.5) is 5.00 Å². The van der Waals surface area contributed by atoms with Crippen molar-refractivity contribution in [2.45, 2.75) is 46.6 Å². The van der Waals surface area contributed by atoms with Crippen LogP contribution in [-0.4, -0.2) is 19.2 Å². The lowest BCUT2D eigenvalue weighted by atomic mass is 9.72. The quantitative estimate of drug-likeness (QED) is 0.390. The van der Waals surface area contributed by atoms with Gasteiger partial charge in [0.05, 0.1) is 30.5 Å². The predicted octanol–water partition coefficient (Wildman–Crippen LogP) is 6.83. The van der Waals surface area contributed by atoms with E-state index in [1.54, 1.807) is 30.9 Å². The van der Waals surface area contributed by atoms with Gasteiger partial charge in [-0.2, -0.15) is 0 Å². The third-order valence-electron chi connectivity index (χ3n) is 6.21. The summed E-state index contributed by atoms with van der Waals surface area (Å²) in [5.74, 6) is 1.81. The molecule has 5 nitrogen and oxygen atoms in total. The van der Waals surface area contributed by atoms with E-state index in [4.69, 9.17) is 25.7 Å². The third-order valence-corrected chi connectivity index (χ3v) is 7.67. The van der Waals surface area contributed by atoms with Crippen LogP contribution in [0.1, 0.15) is 59.3 Å². The van der Waals surface area contributed by atoms with Gasteiger partial charge >= 0.3 is 0 Å². The van der Waals surface area contributed by atoms with Crippen molar-refractivity contribution in [2.24, 2.45) is 16.3 Å². The van der Waals surface area contributed by atoms with Crippen LogP contribution in [0.2, 0.25) is 5.02 Å². The standard InChI is InChI=1S/C26H29ClN2O3S/c1-26(2,3)17-8-9-19-22(13-17)33-25(23(19)24(30)28-15-18-6-5-11-32-18)29-14-16-7-10-21(31-4)20(27)12-16/h5-7,10-12,14,17H,8-9,13,15H2,1-4H3,(H,28,30)/t17-/m0/s1. The molecule has 3 aromatic rings. The van der Waals surface area contributed by atoms with Crippen LogP contribution in [0.15, 0.2) is 46.0 Å². The number of amides is 1. The molecule has 2 heterocycles. The molecule has 4 rings (SSSR count). The lowest BCUT2D eigenvalue weighted by molar-refractivity contribution is 0.0947. The summed E-state index contributed by atoms with van der Waals surface area (Å²) in [5.41, 5.74) is 2.90. The third kappa shape index (κ3) is 5.33. The van der Waals surface area contributed by atoms with E-state index in [0.29, 0.717) is 28.8 Å². The number of carbonyl (C=O) groups excluding carboxylic acids is 1. The van der Waals surface area contributed by atoms with Crippen molar-refractivity contribution in [3.63, 3.8) is 0 Å². The number of aliphatic imine (C=N–C) groups is 1. The van der Waals surface area contributed by atoms with Crippen LogP contribution in [0.5, 0.6) is 5.75 Å². The molecule has 0 fully saturated rings. The number of halogens is 1. The molecule has 1 aromatic carbocycles. The summed E-state index contributed by atoms with van der Waals surface area (Å²) in [6.07, 6.45) is 6.30. The SMILES string of the molecule is COc1ccc(C=Nc2sc3c(c2C(=O)NCc2ccco2)CC[C@H](C(C)(C)C)C3)cc1Cl. The largest absolute Gasteiger partial charge is 0.495 e. The molecule has 33 heavy (non-hydrogen) atoms. The van der Waals surface area contributed by atoms with E-state index >= 15 is 0 Å². The minimum absolute atomic E-state index is 0.113. The molecule has 0 saturated heterocycles. The second-order valence-electron chi connectivity index (χ2n) is 9.40. The normalized spacial score (nSPS) is 16.1. The van der Waals surface area contributed by atoms with Crippen LogP contribution >= 0.6 is 22.9 Å². The second-order valence-corrected chi connectivity index (χ2v) is 10.9. The molecule has 1 atom stereocenters. The lowest BCUT2D eigenvalue weighted by Gasteiger charge is -2.33. The fraction of sp³-hybridized carbons (Fsp3) is 0.385. The number of thiophene rings is 1. The van der Waals surface area contributed by atoms with Crippen molar-refractivity contribution >= 4 is 40.1 Å². The molecule has 1 N–H and O–H groups in total. The number of ether oxygens (including phenoxy) is 1. The molecular formula is C26H29ClN2O3S. The van der Waals surface area contributed by atoms with Crippen molar-refractivity contribution in [1.29, 1.82) is 0 Å². The van der Waals surface area contributed by atoms with Crippen LogP contribution in [-0.2, 0) is 19.4 Å². The topological polar surface area (TPSA) is 63.8 Å². The molecule has 0 spiro atoms. The van der Waals surface area contributed by atoms with E-state index in [0.717, 1.165) is 41.2 Å². The van der Waals surface area contributed by atoms with Crippen molar-refractivity contribution in [2.75, 3.05) is 7.11 Å². The minimum atomic E-state index is -0.113. The zero-order valence-corrected chi connectivity index (χ0v) is 21.0. The molecule has 0 aliphatic heterocycles. The first kappa shape index (κ1) is 23.6. The molecule has 0 saturated carbocycles. The summed E-state index contributed by atoms with van der Waals surface area (Å²) in [6.45, 7) is 7.22. The summed E-state index contributed by atoms with van der Waals surface area (Å²) >= 11 is 7.89. The van der Waals surface area contributed by atoms with Gasteiger partial charge in [0.15, 0.2) is 0 Å². The number of nitrogens with zero attached hydrogens (tertiary/aromatic N) is 1. The molecule has 7 heteroatoms. The zero-order valence-electron chi connectivity index (χ0n) is 19.4. The number of nitrogens with one attached hydrogen (secondary N) is 1. The average Bonchev–Trinajstić information content (AvgIpc) is 3.42. The van der Waals surface area contributed by atoms with Crippen LogP contribution in [0, 0.1) is 11.3 Å². The first-order chi connectivity index (χ1) is 15.8. The highest BCUT2D eigenvalue weighted by Gasteiger charge is 2.33. The van der Waals surface area contributed by atoms with E-state index in [9.17, 15) is 4.79 Å². The van der Waals surface area contributed by atoms with Crippen molar-refractivity contribution in [1.82, 2.24) is 5.32 Å². The molecule has 0 bridgehead atoms. The summed E-state index contributed by atoms with van der Waals surface area (Å²) < 4.78 is 10.6. The lowest BCUT2D eigenvalue weighted by Crippen LogP contribution is -2.28. The maximum atomic E-state index is 13.3. The molecule has 0 radical (unpaired) electrons. The molecular weight excluding hydrogens is 456 g/mol. The number of furan rings is 1. The maximum absolute atomic E-state index is 13.3. The van der Waals surface area contributed by atoms with E-state index < -0.39 is 0 Å². The Kier molecular flexibility index (Phi) is 6.96. The fourth-order valence-corrected chi connectivity index (χ4v) is 5.74. The number of hydrogen-bond acceptors (Lipinski definition) is 5. The molecule has 2 aromatic heterocycles. The Balaban J connectivity index is 1.65. The summed E-state index contributed by atoms with van der Waals surface area (Å²) in [5, 5.41) is 4.26. The zero-order chi connectivity index (χ0) is 23.6. The fourth-order valence-electron chi connectivity index (χ4n) is 4.20. The number of methoxy groups -OCH3 is 1. The van der Waals surface area contributed by atoms with E-state index in [1.165, 1.54) is 4.88 Å². The smallest absolute Gasteiger partial charge is 0.255 e. The summed E-state index contributed by atoms with van der Waals surface area (Å²) in [6, 6.07) is 9.19. The monoisotopic (exact) mass is 484 g/mol. The Hall–Kier alpha value is -2.57. The van der Waals surface area contributed by atoms with Gasteiger partial charge in [0, 0.05) is 11.1 Å². The van der Waals surface area contributed by atoms with Crippen molar-refractivity contribution in [3.8, 4) is 5.75 Å². The Labute approximate surface area is 203 Å². The molecule has 174 valence electrons. The number of fused-ring (bicyclic) bond motifs is 1. The van der Waals surface area contributed by atoms with Gasteiger partial charge < -0.3 is 14.5 Å². The van der Waals surface area contributed by atoms with Crippen molar-refractivity contribution in [3.05, 3.63) is 68.9 Å². The highest BCUT2D eigenvalue weighted by molar-refractivity contribution is 7.16. The molecule has 0 unspecified atom stereocenters. The van der Waals surface area contributed by atoms with Crippen LogP contribution in [0.25, 0.3) is 0 Å². The van der Waals surface area contributed by atoms with Gasteiger partial charge in [0.25, 0.3) is 5.91 Å². The summed E-state index contributed by atoms with van der Waals surface area (Å²) in [7, 11) is 1.59. The molecule has 1 amide bonds. The number of rotatable bonds is 6. The van der Waals surface area contributed by atoms with E-state index in [-0.39, 0.29) is 11.3 Å². The molecule has 1 aliphatic rings. The second kappa shape index (κ2) is 9.74. The van der Waals surface area contributed by atoms with Gasteiger partial charge in [0.1, 0.15) is 16.5 Å². The van der Waals surface area contributed by atoms with Gasteiger partial charge in [-0.3, -0.25) is 4.79 Å². The Morgan fingerprint density at radius 2 is 2.18 bits per heavy atom. The average molecular weight is 485 g/mol. The van der Waals surface area contributed by atoms with Crippen molar-refractivity contribution < 1.29 is 13.9 Å². The van der Waals surface area contributed by atoms with Crippen LogP contribution in [0.3, 0.4) is 0 Å². The first-order valence-electron chi connectivity index (χ1n) is 11.1. The van der Waals surface area contributed by atoms with Crippen LogP contribution < -0.4 is 10.1 Å². The first-order valence-corrected chi connectivity index (χ1v) is 12.3. The number of benzene rings is 1. The van der Waals surface area contributed by atoms with Gasteiger partial charge in [-0.25, -0.2) is 4.99 Å². The number of hydrogen-bond donors (Lipinski definition) is 1. The maximum Gasteiger partial charge on any atom is 0.255 e. The Bertz CT molecular complexity index is 1160. The predicted molar refractivity (Wildman–Crippen MR) is 134 cm³/mol. The highest BCUT2D eigenvalue weighted by Crippen LogP contribution is 2.45. The Morgan fingerprint density at radius 1 is 1.36 bits per heavy atom. The number of carbonyl (C=O) groups is 1.